The number of nitrogens with zero attached hydrogens (tertiary/aromatic N) is 2. The number of carbonyl (C=O) groups is 1. The maximum Gasteiger partial charge on any atom is 0.262 e. The van der Waals surface area contributed by atoms with Crippen molar-refractivity contribution >= 4 is 34.3 Å². The standard InChI is InChI=1S/C24H29N3O2S/c1-15(2)12-13-27-23(29)19-8-6-7-9-20(19)26-24(27)30-18(5)22(28)25-21-14-16(3)10-11-17(21)4/h6-11,14-15,18H,12-13H2,1-5H3,(H,25,28)/t18-/m1/s1. The van der Waals surface area contributed by atoms with Crippen LogP contribution in [0.4, 0.5) is 5.69 Å². The minimum atomic E-state index is -0.400. The number of para-hydroxylation sites is 1. The number of aromatic nitrogens is 2. The van der Waals surface area contributed by atoms with Gasteiger partial charge in [-0.2, -0.15) is 0 Å². The highest BCUT2D eigenvalue weighted by atomic mass is 32.2. The van der Waals surface area contributed by atoms with Gasteiger partial charge >= 0.3 is 0 Å². The first-order chi connectivity index (χ1) is 14.3. The van der Waals surface area contributed by atoms with E-state index in [1.165, 1.54) is 11.8 Å². The predicted octanol–water partition coefficient (Wildman–Crippen LogP) is 5.18. The number of thioether (sulfide) groups is 1. The molecule has 6 heteroatoms. The van der Waals surface area contributed by atoms with Crippen LogP contribution in [0.25, 0.3) is 10.9 Å². The molecule has 0 unspecified atom stereocenters. The molecule has 0 fully saturated rings. The number of rotatable bonds is 7. The van der Waals surface area contributed by atoms with Gasteiger partial charge < -0.3 is 5.32 Å². The number of carbonyl (C=O) groups excluding carboxylic acids is 1. The molecule has 1 heterocycles. The van der Waals surface area contributed by atoms with Crippen molar-refractivity contribution in [3.05, 3.63) is 63.9 Å². The van der Waals surface area contributed by atoms with Gasteiger partial charge in [0.15, 0.2) is 5.16 Å². The van der Waals surface area contributed by atoms with Crippen LogP contribution in [-0.2, 0) is 11.3 Å². The van der Waals surface area contributed by atoms with E-state index in [2.05, 4.69) is 19.2 Å². The summed E-state index contributed by atoms with van der Waals surface area (Å²) in [5, 5.41) is 3.81. The van der Waals surface area contributed by atoms with Crippen molar-refractivity contribution < 1.29 is 4.79 Å². The second kappa shape index (κ2) is 9.47. The zero-order valence-corrected chi connectivity index (χ0v) is 19.0. The second-order valence-electron chi connectivity index (χ2n) is 8.12. The lowest BCUT2D eigenvalue weighted by atomic mass is 10.1. The van der Waals surface area contributed by atoms with Crippen LogP contribution >= 0.6 is 11.8 Å². The summed E-state index contributed by atoms with van der Waals surface area (Å²) in [7, 11) is 0. The highest BCUT2D eigenvalue weighted by Gasteiger charge is 2.20. The van der Waals surface area contributed by atoms with Crippen molar-refractivity contribution in [2.75, 3.05) is 5.32 Å². The van der Waals surface area contributed by atoms with Gasteiger partial charge in [-0.1, -0.05) is 49.9 Å². The number of hydrogen-bond acceptors (Lipinski definition) is 4. The summed E-state index contributed by atoms with van der Waals surface area (Å²) in [5.41, 5.74) is 3.54. The summed E-state index contributed by atoms with van der Waals surface area (Å²) >= 11 is 1.33. The van der Waals surface area contributed by atoms with E-state index >= 15 is 0 Å². The average Bonchev–Trinajstić information content (AvgIpc) is 2.70. The lowest BCUT2D eigenvalue weighted by Crippen LogP contribution is -2.27. The first-order valence-electron chi connectivity index (χ1n) is 10.3. The lowest BCUT2D eigenvalue weighted by Gasteiger charge is -2.17. The third kappa shape index (κ3) is 5.11. The average molecular weight is 424 g/mol. The minimum absolute atomic E-state index is 0.0501. The number of nitrogens with one attached hydrogen (secondary N) is 1. The molecule has 3 aromatic rings. The second-order valence-corrected chi connectivity index (χ2v) is 9.43. The van der Waals surface area contributed by atoms with Crippen LogP contribution in [0, 0.1) is 19.8 Å². The zero-order chi connectivity index (χ0) is 21.8. The molecule has 1 N–H and O–H groups in total. The minimum Gasteiger partial charge on any atom is -0.325 e. The molecule has 0 aliphatic carbocycles. The summed E-state index contributed by atoms with van der Waals surface area (Å²) in [6.07, 6.45) is 0.872. The molecule has 0 radical (unpaired) electrons. The molecule has 0 spiro atoms. The fraction of sp³-hybridized carbons (Fsp3) is 0.375. The quantitative estimate of drug-likeness (QED) is 0.420. The highest BCUT2D eigenvalue weighted by Crippen LogP contribution is 2.25. The molecule has 30 heavy (non-hydrogen) atoms. The zero-order valence-electron chi connectivity index (χ0n) is 18.2. The molecule has 0 aliphatic rings. The summed E-state index contributed by atoms with van der Waals surface area (Å²) in [4.78, 5) is 30.7. The molecular formula is C24H29N3O2S. The van der Waals surface area contributed by atoms with Gasteiger partial charge in [-0.05, 0) is 62.4 Å². The maximum absolute atomic E-state index is 13.1. The van der Waals surface area contributed by atoms with Crippen molar-refractivity contribution in [2.45, 2.75) is 58.0 Å². The summed E-state index contributed by atoms with van der Waals surface area (Å²) < 4.78 is 1.72. The lowest BCUT2D eigenvalue weighted by molar-refractivity contribution is -0.115. The summed E-state index contributed by atoms with van der Waals surface area (Å²) in [6.45, 7) is 10.7. The Labute approximate surface area is 181 Å². The Kier molecular flexibility index (Phi) is 6.98. The number of benzene rings is 2. The van der Waals surface area contributed by atoms with Crippen LogP contribution in [0.5, 0.6) is 0 Å². The Morgan fingerprint density at radius 2 is 1.87 bits per heavy atom. The molecule has 1 aromatic heterocycles. The fourth-order valence-electron chi connectivity index (χ4n) is 3.14. The molecule has 2 aromatic carbocycles. The molecule has 0 aliphatic heterocycles. The first kappa shape index (κ1) is 22.1. The van der Waals surface area contributed by atoms with E-state index in [-0.39, 0.29) is 11.5 Å². The number of fused-ring (bicyclic) bond motifs is 1. The van der Waals surface area contributed by atoms with E-state index in [0.717, 1.165) is 23.2 Å². The van der Waals surface area contributed by atoms with Gasteiger partial charge in [0.25, 0.3) is 5.56 Å². The van der Waals surface area contributed by atoms with E-state index in [0.29, 0.717) is 28.5 Å². The molecule has 3 rings (SSSR count). The third-order valence-electron chi connectivity index (χ3n) is 5.06. The van der Waals surface area contributed by atoms with Crippen molar-refractivity contribution in [3.8, 4) is 0 Å². The Morgan fingerprint density at radius 3 is 2.60 bits per heavy atom. The van der Waals surface area contributed by atoms with Crippen LogP contribution in [0.3, 0.4) is 0 Å². The molecule has 158 valence electrons. The van der Waals surface area contributed by atoms with E-state index in [9.17, 15) is 9.59 Å². The van der Waals surface area contributed by atoms with E-state index in [4.69, 9.17) is 4.98 Å². The molecule has 1 atom stereocenters. The summed E-state index contributed by atoms with van der Waals surface area (Å²) in [6, 6.07) is 13.4. The van der Waals surface area contributed by atoms with Crippen molar-refractivity contribution in [2.24, 2.45) is 5.92 Å². The van der Waals surface area contributed by atoms with Crippen LogP contribution < -0.4 is 10.9 Å². The highest BCUT2D eigenvalue weighted by molar-refractivity contribution is 8.00. The van der Waals surface area contributed by atoms with E-state index in [1.54, 1.807) is 4.57 Å². The fourth-order valence-corrected chi connectivity index (χ4v) is 4.07. The number of aryl methyl sites for hydroxylation is 2. The first-order valence-corrected chi connectivity index (χ1v) is 11.2. The SMILES string of the molecule is Cc1ccc(C)c(NC(=O)[C@@H](C)Sc2nc3ccccc3c(=O)n2CCC(C)C)c1. The van der Waals surface area contributed by atoms with Gasteiger partial charge in [-0.15, -0.1) is 0 Å². The Morgan fingerprint density at radius 1 is 1.13 bits per heavy atom. The normalized spacial score (nSPS) is 12.3. The van der Waals surface area contributed by atoms with Crippen molar-refractivity contribution in [3.63, 3.8) is 0 Å². The van der Waals surface area contributed by atoms with Gasteiger partial charge in [-0.3, -0.25) is 14.2 Å². The smallest absolute Gasteiger partial charge is 0.262 e. The maximum atomic E-state index is 13.1. The molecule has 5 nitrogen and oxygen atoms in total. The molecule has 0 bridgehead atoms. The van der Waals surface area contributed by atoms with E-state index < -0.39 is 5.25 Å². The Hall–Kier alpha value is -2.60. The largest absolute Gasteiger partial charge is 0.325 e. The number of hydrogen-bond donors (Lipinski definition) is 1. The number of amides is 1. The third-order valence-corrected chi connectivity index (χ3v) is 6.15. The molecule has 1 amide bonds. The predicted molar refractivity (Wildman–Crippen MR) is 125 cm³/mol. The van der Waals surface area contributed by atoms with E-state index in [1.807, 2.05) is 63.2 Å². The summed E-state index contributed by atoms with van der Waals surface area (Å²) in [5.74, 6) is 0.359. The van der Waals surface area contributed by atoms with Crippen molar-refractivity contribution in [1.82, 2.24) is 9.55 Å². The van der Waals surface area contributed by atoms with Crippen LogP contribution in [0.2, 0.25) is 0 Å². The van der Waals surface area contributed by atoms with Gasteiger partial charge in [-0.25, -0.2) is 4.98 Å². The Bertz CT molecular complexity index is 1120. The van der Waals surface area contributed by atoms with Gasteiger partial charge in [0.1, 0.15) is 0 Å². The van der Waals surface area contributed by atoms with Crippen LogP contribution in [0.1, 0.15) is 38.3 Å². The monoisotopic (exact) mass is 423 g/mol. The van der Waals surface area contributed by atoms with Crippen LogP contribution in [-0.4, -0.2) is 20.7 Å². The van der Waals surface area contributed by atoms with Gasteiger partial charge in [0.05, 0.1) is 16.2 Å². The van der Waals surface area contributed by atoms with Gasteiger partial charge in [0, 0.05) is 12.2 Å². The molecule has 0 saturated heterocycles. The van der Waals surface area contributed by atoms with Crippen molar-refractivity contribution in [1.29, 1.82) is 0 Å². The van der Waals surface area contributed by atoms with Crippen LogP contribution in [0.15, 0.2) is 52.4 Å². The molecule has 0 saturated carbocycles. The number of anilines is 1. The Balaban J connectivity index is 1.89. The molecular weight excluding hydrogens is 394 g/mol. The van der Waals surface area contributed by atoms with Gasteiger partial charge in [0.2, 0.25) is 5.91 Å². The topological polar surface area (TPSA) is 64.0 Å².